The molecule has 2 rings (SSSR count). The molecular formula is C11H16BrNO. The van der Waals surface area contributed by atoms with Crippen molar-refractivity contribution in [1.82, 2.24) is 0 Å². The number of hydrogen-bond donors (Lipinski definition) is 1. The molecule has 0 heterocycles. The van der Waals surface area contributed by atoms with Gasteiger partial charge in [0.1, 0.15) is 0 Å². The zero-order valence-electron chi connectivity index (χ0n) is 8.48. The molecule has 0 aromatic carbocycles. The second-order valence-corrected chi connectivity index (χ2v) is 5.48. The van der Waals surface area contributed by atoms with Crippen LogP contribution in [0, 0.1) is 16.7 Å². The first kappa shape index (κ1) is 10.2. The lowest BCUT2D eigenvalue weighted by Gasteiger charge is -2.37. The molecule has 2 aliphatic carbocycles. The lowest BCUT2D eigenvalue weighted by atomic mass is 9.68. The van der Waals surface area contributed by atoms with Gasteiger partial charge < -0.3 is 5.73 Å². The van der Waals surface area contributed by atoms with Gasteiger partial charge in [-0.05, 0) is 25.2 Å². The second-order valence-electron chi connectivity index (χ2n) is 4.92. The van der Waals surface area contributed by atoms with Gasteiger partial charge in [0, 0.05) is 10.7 Å². The van der Waals surface area contributed by atoms with Crippen LogP contribution in [0.15, 0.2) is 12.2 Å². The van der Waals surface area contributed by atoms with Gasteiger partial charge in [0.15, 0.2) is 0 Å². The highest BCUT2D eigenvalue weighted by Gasteiger charge is 2.61. The molecule has 0 unspecified atom stereocenters. The maximum atomic E-state index is 11.5. The molecule has 0 aromatic heterocycles. The van der Waals surface area contributed by atoms with Crippen molar-refractivity contribution >= 4 is 21.8 Å². The number of nitrogens with two attached hydrogens (primary N) is 1. The van der Waals surface area contributed by atoms with Gasteiger partial charge >= 0.3 is 0 Å². The van der Waals surface area contributed by atoms with Crippen LogP contribution in [-0.4, -0.2) is 11.2 Å². The van der Waals surface area contributed by atoms with Gasteiger partial charge in [0.05, 0.1) is 5.41 Å². The topological polar surface area (TPSA) is 43.1 Å². The molecule has 0 aromatic rings. The van der Waals surface area contributed by atoms with E-state index in [-0.39, 0.29) is 16.7 Å². The summed E-state index contributed by atoms with van der Waals surface area (Å²) in [5.74, 6) is 0.413. The molecule has 2 aliphatic rings. The van der Waals surface area contributed by atoms with Crippen molar-refractivity contribution < 1.29 is 4.79 Å². The van der Waals surface area contributed by atoms with Gasteiger partial charge in [-0.15, -0.1) is 0 Å². The van der Waals surface area contributed by atoms with E-state index < -0.39 is 0 Å². The van der Waals surface area contributed by atoms with Gasteiger partial charge in [-0.3, -0.25) is 4.79 Å². The molecular weight excluding hydrogens is 242 g/mol. The normalized spacial score (nSPS) is 45.9. The Hall–Kier alpha value is -0.310. The molecule has 2 nitrogen and oxygen atoms in total. The first-order valence-corrected chi connectivity index (χ1v) is 6.15. The molecule has 2 N–H and O–H groups in total. The number of hydrogen-bond acceptors (Lipinski definition) is 1. The quantitative estimate of drug-likeness (QED) is 0.599. The second kappa shape index (κ2) is 2.84. The largest absolute Gasteiger partial charge is 0.369 e. The van der Waals surface area contributed by atoms with Crippen molar-refractivity contribution in [2.45, 2.75) is 26.2 Å². The summed E-state index contributed by atoms with van der Waals surface area (Å²) in [4.78, 5) is 11.5. The summed E-state index contributed by atoms with van der Waals surface area (Å²) in [6.45, 7) is 6.32. The molecule has 3 atom stereocenters. The van der Waals surface area contributed by atoms with Crippen molar-refractivity contribution in [2.24, 2.45) is 22.5 Å². The van der Waals surface area contributed by atoms with Gasteiger partial charge in [0.2, 0.25) is 5.91 Å². The molecule has 2 bridgehead atoms. The fourth-order valence-electron chi connectivity index (χ4n) is 3.22. The van der Waals surface area contributed by atoms with E-state index in [1.54, 1.807) is 0 Å². The van der Waals surface area contributed by atoms with Crippen LogP contribution in [0.3, 0.4) is 0 Å². The van der Waals surface area contributed by atoms with E-state index in [1.165, 1.54) is 0 Å². The van der Waals surface area contributed by atoms with E-state index in [1.807, 2.05) is 0 Å². The number of carbonyl (C=O) groups excluding carboxylic acids is 1. The SMILES string of the molecule is C=C1[C@]2(C(N)=O)CC[C@@H](C2)[C@]1(C)CBr. The van der Waals surface area contributed by atoms with Crippen LogP contribution in [0.25, 0.3) is 0 Å². The van der Waals surface area contributed by atoms with Gasteiger partial charge in [-0.25, -0.2) is 0 Å². The Morgan fingerprint density at radius 1 is 1.79 bits per heavy atom. The number of rotatable bonds is 2. The van der Waals surface area contributed by atoms with E-state index in [0.29, 0.717) is 5.92 Å². The van der Waals surface area contributed by atoms with Crippen LogP contribution >= 0.6 is 15.9 Å². The number of alkyl halides is 1. The molecule has 3 heteroatoms. The third kappa shape index (κ3) is 0.940. The minimum atomic E-state index is -0.382. The minimum Gasteiger partial charge on any atom is -0.369 e. The molecule has 0 saturated heterocycles. The van der Waals surface area contributed by atoms with Crippen LogP contribution in [0.2, 0.25) is 0 Å². The Morgan fingerprint density at radius 3 is 2.79 bits per heavy atom. The average molecular weight is 258 g/mol. The molecule has 78 valence electrons. The van der Waals surface area contributed by atoms with Crippen molar-refractivity contribution in [3.8, 4) is 0 Å². The molecule has 0 radical (unpaired) electrons. The zero-order valence-corrected chi connectivity index (χ0v) is 10.1. The molecule has 2 saturated carbocycles. The highest BCUT2D eigenvalue weighted by molar-refractivity contribution is 9.09. The van der Waals surface area contributed by atoms with Crippen LogP contribution < -0.4 is 5.73 Å². The average Bonchev–Trinajstić information content (AvgIpc) is 2.67. The predicted octanol–water partition coefficient (Wildman–Crippen LogP) is 2.23. The Morgan fingerprint density at radius 2 is 2.43 bits per heavy atom. The van der Waals surface area contributed by atoms with Gasteiger partial charge in [0.25, 0.3) is 0 Å². The predicted molar refractivity (Wildman–Crippen MR) is 60.0 cm³/mol. The van der Waals surface area contributed by atoms with Gasteiger partial charge in [-0.1, -0.05) is 35.0 Å². The Labute approximate surface area is 93.1 Å². The number of halogens is 1. The standard InChI is InChI=1S/C11H16BrNO/c1-7-10(2,6-12)8-3-4-11(7,5-8)9(13)14/h8H,1,3-6H2,2H3,(H2,13,14)/t8-,10+,11-/m0/s1. The summed E-state index contributed by atoms with van der Waals surface area (Å²) in [5, 5.41) is 0.887. The number of amides is 1. The van der Waals surface area contributed by atoms with E-state index in [0.717, 1.165) is 30.2 Å². The van der Waals surface area contributed by atoms with Crippen LogP contribution in [0.1, 0.15) is 26.2 Å². The smallest absolute Gasteiger partial charge is 0.227 e. The third-order valence-electron chi connectivity index (χ3n) is 4.43. The first-order valence-electron chi connectivity index (χ1n) is 5.03. The molecule has 0 spiro atoms. The molecule has 0 aliphatic heterocycles. The maximum absolute atomic E-state index is 11.5. The van der Waals surface area contributed by atoms with E-state index in [4.69, 9.17) is 5.73 Å². The van der Waals surface area contributed by atoms with E-state index in [2.05, 4.69) is 29.4 Å². The monoisotopic (exact) mass is 257 g/mol. The lowest BCUT2D eigenvalue weighted by Crippen LogP contribution is -2.39. The Kier molecular flexibility index (Phi) is 2.08. The van der Waals surface area contributed by atoms with Crippen molar-refractivity contribution in [3.63, 3.8) is 0 Å². The van der Waals surface area contributed by atoms with Crippen molar-refractivity contribution in [3.05, 3.63) is 12.2 Å². The van der Waals surface area contributed by atoms with Crippen LogP contribution in [0.4, 0.5) is 0 Å². The number of primary amides is 1. The number of carbonyl (C=O) groups is 1. The Bertz CT molecular complexity index is 314. The number of fused-ring (bicyclic) bond motifs is 2. The lowest BCUT2D eigenvalue weighted by molar-refractivity contribution is -0.125. The summed E-state index contributed by atoms with van der Waals surface area (Å²) >= 11 is 3.53. The summed E-state index contributed by atoms with van der Waals surface area (Å²) in [7, 11) is 0. The molecule has 14 heavy (non-hydrogen) atoms. The Balaban J connectivity index is 2.44. The summed E-state index contributed by atoms with van der Waals surface area (Å²) in [6.07, 6.45) is 2.95. The first-order chi connectivity index (χ1) is 6.47. The van der Waals surface area contributed by atoms with Crippen LogP contribution in [0.5, 0.6) is 0 Å². The maximum Gasteiger partial charge on any atom is 0.227 e. The molecule has 2 fully saturated rings. The van der Waals surface area contributed by atoms with Crippen LogP contribution in [-0.2, 0) is 4.79 Å². The van der Waals surface area contributed by atoms with Crippen molar-refractivity contribution in [1.29, 1.82) is 0 Å². The van der Waals surface area contributed by atoms with E-state index >= 15 is 0 Å². The summed E-state index contributed by atoms with van der Waals surface area (Å²) in [5.41, 5.74) is 6.28. The molecule has 1 amide bonds. The van der Waals surface area contributed by atoms with Gasteiger partial charge in [-0.2, -0.15) is 0 Å². The third-order valence-corrected chi connectivity index (χ3v) is 5.60. The zero-order chi connectivity index (χ0) is 10.6. The highest BCUT2D eigenvalue weighted by Crippen LogP contribution is 2.65. The summed E-state index contributed by atoms with van der Waals surface area (Å²) < 4.78 is 0. The highest BCUT2D eigenvalue weighted by atomic mass is 79.9. The van der Waals surface area contributed by atoms with E-state index in [9.17, 15) is 4.79 Å². The fourth-order valence-corrected chi connectivity index (χ4v) is 4.01. The minimum absolute atomic E-state index is 0.0767. The van der Waals surface area contributed by atoms with Crippen molar-refractivity contribution in [2.75, 3.05) is 5.33 Å². The fraction of sp³-hybridized carbons (Fsp3) is 0.727. The summed E-state index contributed by atoms with van der Waals surface area (Å²) in [6, 6.07) is 0.